The van der Waals surface area contributed by atoms with Crippen molar-refractivity contribution in [3.05, 3.63) is 33.0 Å². The van der Waals surface area contributed by atoms with Crippen LogP contribution in [-0.2, 0) is 21.6 Å². The van der Waals surface area contributed by atoms with Crippen molar-refractivity contribution in [1.82, 2.24) is 10.2 Å². The van der Waals surface area contributed by atoms with Crippen LogP contribution in [0.3, 0.4) is 0 Å². The van der Waals surface area contributed by atoms with Gasteiger partial charge < -0.3 is 15.0 Å². The summed E-state index contributed by atoms with van der Waals surface area (Å²) in [6.45, 7) is 10.2. The topological polar surface area (TPSA) is 58.6 Å². The van der Waals surface area contributed by atoms with Gasteiger partial charge in [-0.05, 0) is 58.6 Å². The SMILES string of the molecule is CC(C)=CCCC(=O)N1CCC2(CC1)OCCc1sc(C(=O)NC(C)C)cc12. The van der Waals surface area contributed by atoms with Gasteiger partial charge in [-0.3, -0.25) is 9.59 Å². The van der Waals surface area contributed by atoms with E-state index in [1.165, 1.54) is 16.0 Å². The Bertz CT molecular complexity index is 754. The van der Waals surface area contributed by atoms with Crippen LogP contribution in [0.1, 0.15) is 73.5 Å². The molecule has 2 aliphatic rings. The maximum atomic E-state index is 12.5. The number of carbonyl (C=O) groups is 2. The zero-order valence-electron chi connectivity index (χ0n) is 17.5. The van der Waals surface area contributed by atoms with Crippen LogP contribution in [0.25, 0.3) is 0 Å². The van der Waals surface area contributed by atoms with E-state index in [0.29, 0.717) is 13.0 Å². The zero-order chi connectivity index (χ0) is 20.3. The van der Waals surface area contributed by atoms with Crippen LogP contribution >= 0.6 is 11.3 Å². The van der Waals surface area contributed by atoms with Crippen LogP contribution in [0.5, 0.6) is 0 Å². The highest BCUT2D eigenvalue weighted by Gasteiger charge is 2.43. The van der Waals surface area contributed by atoms with E-state index in [1.54, 1.807) is 11.3 Å². The van der Waals surface area contributed by atoms with Crippen molar-refractivity contribution in [3.63, 3.8) is 0 Å². The molecule has 1 saturated heterocycles. The first kappa shape index (κ1) is 21.1. The number of likely N-dealkylation sites (tertiary alicyclic amines) is 1. The predicted molar refractivity (Wildman–Crippen MR) is 113 cm³/mol. The van der Waals surface area contributed by atoms with E-state index in [-0.39, 0.29) is 23.5 Å². The molecule has 0 bridgehead atoms. The molecule has 28 heavy (non-hydrogen) atoms. The number of carbonyl (C=O) groups excluding carboxylic acids is 2. The van der Waals surface area contributed by atoms with Crippen molar-refractivity contribution in [2.45, 2.75) is 71.4 Å². The molecule has 0 saturated carbocycles. The summed E-state index contributed by atoms with van der Waals surface area (Å²) in [5, 5.41) is 2.98. The van der Waals surface area contributed by atoms with E-state index >= 15 is 0 Å². The molecule has 0 unspecified atom stereocenters. The minimum absolute atomic E-state index is 0.00330. The smallest absolute Gasteiger partial charge is 0.261 e. The van der Waals surface area contributed by atoms with Crippen LogP contribution in [-0.4, -0.2) is 42.5 Å². The Morgan fingerprint density at radius 1 is 1.32 bits per heavy atom. The Kier molecular flexibility index (Phi) is 6.61. The van der Waals surface area contributed by atoms with Gasteiger partial charge in [0.25, 0.3) is 5.91 Å². The zero-order valence-corrected chi connectivity index (χ0v) is 18.3. The Balaban J connectivity index is 1.67. The Morgan fingerprint density at radius 2 is 2.04 bits per heavy atom. The fraction of sp³-hybridized carbons (Fsp3) is 0.636. The lowest BCUT2D eigenvalue weighted by atomic mass is 9.82. The number of nitrogens with zero attached hydrogens (tertiary/aromatic N) is 1. The largest absolute Gasteiger partial charge is 0.370 e. The summed E-state index contributed by atoms with van der Waals surface area (Å²) < 4.78 is 6.28. The first-order chi connectivity index (χ1) is 13.3. The molecule has 3 rings (SSSR count). The lowest BCUT2D eigenvalue weighted by molar-refractivity contribution is -0.140. The lowest BCUT2D eigenvalue weighted by Gasteiger charge is -2.44. The molecule has 0 aliphatic carbocycles. The van der Waals surface area contributed by atoms with Gasteiger partial charge in [0, 0.05) is 36.9 Å². The molecule has 0 radical (unpaired) electrons. The number of fused-ring (bicyclic) bond motifs is 2. The summed E-state index contributed by atoms with van der Waals surface area (Å²) >= 11 is 1.59. The van der Waals surface area contributed by atoms with Crippen molar-refractivity contribution < 1.29 is 14.3 Å². The van der Waals surface area contributed by atoms with E-state index in [4.69, 9.17) is 4.74 Å². The number of nitrogens with one attached hydrogen (secondary N) is 1. The molecular formula is C22H32N2O3S. The van der Waals surface area contributed by atoms with Gasteiger partial charge >= 0.3 is 0 Å². The third kappa shape index (κ3) is 4.66. The number of hydrogen-bond acceptors (Lipinski definition) is 4. The highest BCUT2D eigenvalue weighted by atomic mass is 32.1. The minimum atomic E-state index is -0.336. The Hall–Kier alpha value is -1.66. The molecule has 1 N–H and O–H groups in total. The van der Waals surface area contributed by atoms with Crippen LogP contribution in [0.15, 0.2) is 17.7 Å². The monoisotopic (exact) mass is 404 g/mol. The van der Waals surface area contributed by atoms with Gasteiger partial charge in [0.1, 0.15) is 0 Å². The summed E-state index contributed by atoms with van der Waals surface area (Å²) in [5.74, 6) is 0.224. The molecule has 154 valence electrons. The maximum Gasteiger partial charge on any atom is 0.261 e. The second-order valence-corrected chi connectivity index (χ2v) is 9.51. The molecule has 2 amide bonds. The molecular weight excluding hydrogens is 372 g/mol. The van der Waals surface area contributed by atoms with Crippen LogP contribution in [0.4, 0.5) is 0 Å². The van der Waals surface area contributed by atoms with E-state index in [2.05, 4.69) is 25.2 Å². The van der Waals surface area contributed by atoms with Gasteiger partial charge in [-0.2, -0.15) is 0 Å². The van der Waals surface area contributed by atoms with Crippen molar-refractivity contribution in [2.75, 3.05) is 19.7 Å². The fourth-order valence-electron chi connectivity index (χ4n) is 4.04. The summed E-state index contributed by atoms with van der Waals surface area (Å²) in [6.07, 6.45) is 5.97. The van der Waals surface area contributed by atoms with Gasteiger partial charge in [0.05, 0.1) is 17.1 Å². The quantitative estimate of drug-likeness (QED) is 0.754. The van der Waals surface area contributed by atoms with E-state index < -0.39 is 0 Å². The third-order valence-electron chi connectivity index (χ3n) is 5.49. The summed E-state index contributed by atoms with van der Waals surface area (Å²) in [7, 11) is 0. The molecule has 1 fully saturated rings. The number of thiophene rings is 1. The number of piperidine rings is 1. The third-order valence-corrected chi connectivity index (χ3v) is 6.68. The second-order valence-electron chi connectivity index (χ2n) is 8.37. The fourth-order valence-corrected chi connectivity index (χ4v) is 5.17. The standard InChI is InChI=1S/C22H32N2O3S/c1-15(2)6-5-7-20(25)24-11-9-22(10-12-24)17-14-19(21(26)23-16(3)4)28-18(17)8-13-27-22/h6,14,16H,5,7-13H2,1-4H3,(H,23,26). The van der Waals surface area contributed by atoms with Crippen molar-refractivity contribution in [1.29, 1.82) is 0 Å². The normalized spacial score (nSPS) is 18.1. The number of rotatable bonds is 5. The van der Waals surface area contributed by atoms with Gasteiger partial charge in [0.15, 0.2) is 0 Å². The lowest BCUT2D eigenvalue weighted by Crippen LogP contribution is -2.48. The maximum absolute atomic E-state index is 12.5. The van der Waals surface area contributed by atoms with Crippen molar-refractivity contribution in [2.24, 2.45) is 0 Å². The summed E-state index contributed by atoms with van der Waals surface area (Å²) in [4.78, 5) is 28.9. The molecule has 0 aromatic carbocycles. The molecule has 0 atom stereocenters. The summed E-state index contributed by atoms with van der Waals surface area (Å²) in [6, 6.07) is 2.15. The molecule has 6 heteroatoms. The number of allylic oxidation sites excluding steroid dienone is 2. The van der Waals surface area contributed by atoms with Crippen LogP contribution < -0.4 is 5.32 Å². The highest BCUT2D eigenvalue weighted by molar-refractivity contribution is 7.14. The molecule has 2 aliphatic heterocycles. The molecule has 1 aromatic heterocycles. The number of ether oxygens (including phenoxy) is 1. The molecule has 3 heterocycles. The van der Waals surface area contributed by atoms with Crippen molar-refractivity contribution in [3.8, 4) is 0 Å². The van der Waals surface area contributed by atoms with Crippen molar-refractivity contribution >= 4 is 23.2 Å². The van der Waals surface area contributed by atoms with Gasteiger partial charge in [-0.25, -0.2) is 0 Å². The summed E-state index contributed by atoms with van der Waals surface area (Å²) in [5.41, 5.74) is 2.09. The molecule has 1 spiro atoms. The van der Waals surface area contributed by atoms with E-state index in [1.807, 2.05) is 24.8 Å². The second kappa shape index (κ2) is 8.78. The Morgan fingerprint density at radius 3 is 2.68 bits per heavy atom. The van der Waals surface area contributed by atoms with Gasteiger partial charge in [-0.1, -0.05) is 11.6 Å². The average Bonchev–Trinajstić information content (AvgIpc) is 3.08. The van der Waals surface area contributed by atoms with Gasteiger partial charge in [-0.15, -0.1) is 11.3 Å². The average molecular weight is 405 g/mol. The molecule has 5 nitrogen and oxygen atoms in total. The first-order valence-electron chi connectivity index (χ1n) is 10.3. The minimum Gasteiger partial charge on any atom is -0.370 e. The van der Waals surface area contributed by atoms with E-state index in [0.717, 1.165) is 43.6 Å². The first-order valence-corrected chi connectivity index (χ1v) is 11.1. The number of amides is 2. The molecule has 1 aromatic rings. The highest BCUT2D eigenvalue weighted by Crippen LogP contribution is 2.44. The number of hydrogen-bond donors (Lipinski definition) is 1. The van der Waals surface area contributed by atoms with Crippen LogP contribution in [0, 0.1) is 0 Å². The van der Waals surface area contributed by atoms with Gasteiger partial charge in [0.2, 0.25) is 5.91 Å². The van der Waals surface area contributed by atoms with E-state index in [9.17, 15) is 9.59 Å². The predicted octanol–water partition coefficient (Wildman–Crippen LogP) is 4.02. The van der Waals surface area contributed by atoms with Crippen LogP contribution in [0.2, 0.25) is 0 Å². The Labute approximate surface area is 172 Å².